The fourth-order valence-electron chi connectivity index (χ4n) is 3.15. The smallest absolute Gasteiger partial charge is 0.0739 e. The van der Waals surface area contributed by atoms with Crippen LogP contribution in [-0.2, 0) is 6.54 Å². The molecule has 0 aromatic carbocycles. The average molecular weight is 441 g/mol. The summed E-state index contributed by atoms with van der Waals surface area (Å²) in [4.78, 5) is 4.58. The largest absolute Gasteiger partial charge is 0.404 e. The average Bonchev–Trinajstić information content (AvgIpc) is 3.15. The van der Waals surface area contributed by atoms with Crippen LogP contribution in [0.25, 0.3) is 16.5 Å². The molecule has 3 heterocycles. The van der Waals surface area contributed by atoms with E-state index in [1.165, 1.54) is 17.3 Å². The second-order valence-corrected chi connectivity index (χ2v) is 7.85. The van der Waals surface area contributed by atoms with Crippen molar-refractivity contribution >= 4 is 51.1 Å². The predicted octanol–water partition coefficient (Wildman–Crippen LogP) is 3.35. The Morgan fingerprint density at radius 3 is 3.22 bits per heavy atom. The highest BCUT2D eigenvalue weighted by atomic mass is 127. The van der Waals surface area contributed by atoms with Crippen LogP contribution >= 0.6 is 28.4 Å². The second kappa shape index (κ2) is 7.73. The Balaban J connectivity index is 1.83. The zero-order chi connectivity index (χ0) is 16.2. The van der Waals surface area contributed by atoms with E-state index in [0.717, 1.165) is 24.4 Å². The van der Waals surface area contributed by atoms with E-state index in [-0.39, 0.29) is 0 Å². The summed E-state index contributed by atoms with van der Waals surface area (Å²) >= 11 is 2.23. The van der Waals surface area contributed by atoms with Crippen molar-refractivity contribution < 1.29 is 0 Å². The van der Waals surface area contributed by atoms with Gasteiger partial charge in [-0.2, -0.15) is 0 Å². The molecule has 7 heteroatoms. The topological polar surface area (TPSA) is 68.2 Å². The number of fused-ring (bicyclic) bond motifs is 1. The van der Waals surface area contributed by atoms with Crippen LogP contribution in [0.4, 0.5) is 0 Å². The number of aromatic nitrogens is 2. The van der Waals surface area contributed by atoms with Gasteiger partial charge in [0.25, 0.3) is 0 Å². The number of hydrogen-bond acceptors (Lipinski definition) is 4. The van der Waals surface area contributed by atoms with E-state index in [4.69, 9.17) is 5.73 Å². The highest BCUT2D eigenvalue weighted by molar-refractivity contribution is 14.2. The maximum absolute atomic E-state index is 5.71. The van der Waals surface area contributed by atoms with E-state index in [1.807, 2.05) is 6.20 Å². The zero-order valence-corrected chi connectivity index (χ0v) is 16.2. The Morgan fingerprint density at radius 1 is 1.65 bits per heavy atom. The third kappa shape index (κ3) is 3.92. The molecule has 3 atom stereocenters. The molecule has 23 heavy (non-hydrogen) atoms. The first-order valence-corrected chi connectivity index (χ1v) is 11.8. The molecule has 1 saturated heterocycles. The summed E-state index contributed by atoms with van der Waals surface area (Å²) in [6.45, 7) is 4.39. The lowest BCUT2D eigenvalue weighted by Crippen LogP contribution is -2.17. The third-order valence-electron chi connectivity index (χ3n) is 4.28. The van der Waals surface area contributed by atoms with Crippen molar-refractivity contribution in [2.45, 2.75) is 25.9 Å². The molecule has 0 amide bonds. The lowest BCUT2D eigenvalue weighted by atomic mass is 10.1. The molecule has 3 rings (SSSR count). The molecule has 0 bridgehead atoms. The Kier molecular flexibility index (Phi) is 5.67. The van der Waals surface area contributed by atoms with Crippen molar-refractivity contribution in [3.05, 3.63) is 36.4 Å². The lowest BCUT2D eigenvalue weighted by molar-refractivity contribution is 0.483. The van der Waals surface area contributed by atoms with Crippen molar-refractivity contribution in [3.63, 3.8) is 0 Å². The number of nitrogens with two attached hydrogens (primary N) is 1. The highest BCUT2D eigenvalue weighted by Crippen LogP contribution is 2.24. The van der Waals surface area contributed by atoms with E-state index in [2.05, 4.69) is 66.9 Å². The fraction of sp³-hybridized carbons (Fsp3) is 0.375. The molecule has 1 fully saturated rings. The molecule has 122 valence electrons. The summed E-state index contributed by atoms with van der Waals surface area (Å²) in [5, 5.41) is 4.71. The van der Waals surface area contributed by atoms with E-state index in [9.17, 15) is 0 Å². The molecule has 5 nitrogen and oxygen atoms in total. The van der Waals surface area contributed by atoms with Gasteiger partial charge in [-0.1, -0.05) is 0 Å². The van der Waals surface area contributed by atoms with Gasteiger partial charge in [0.1, 0.15) is 0 Å². The van der Waals surface area contributed by atoms with Crippen LogP contribution in [-0.4, -0.2) is 28.4 Å². The summed E-state index contributed by atoms with van der Waals surface area (Å²) in [6.07, 6.45) is 9.19. The fourth-order valence-corrected chi connectivity index (χ4v) is 3.75. The van der Waals surface area contributed by atoms with Crippen LogP contribution in [0.3, 0.4) is 0 Å². The zero-order valence-electron chi connectivity index (χ0n) is 13.0. The molecule has 0 saturated carbocycles. The van der Waals surface area contributed by atoms with Gasteiger partial charge in [-0.3, -0.25) is 9.75 Å². The van der Waals surface area contributed by atoms with Gasteiger partial charge in [0.2, 0.25) is 0 Å². The lowest BCUT2D eigenvalue weighted by Gasteiger charge is -2.11. The molecular weight excluding hydrogens is 420 g/mol. The van der Waals surface area contributed by atoms with Crippen LogP contribution in [0.15, 0.2) is 35.5 Å². The first kappa shape index (κ1) is 16.9. The minimum atomic E-state index is 0.490. The van der Waals surface area contributed by atoms with Crippen LogP contribution < -0.4 is 11.1 Å². The number of rotatable bonds is 5. The predicted molar refractivity (Wildman–Crippen MR) is 108 cm³/mol. The second-order valence-electron chi connectivity index (χ2n) is 5.97. The monoisotopic (exact) mass is 441 g/mol. The van der Waals surface area contributed by atoms with Crippen molar-refractivity contribution in [1.29, 1.82) is 0 Å². The normalized spacial score (nSPS) is 23.0. The van der Waals surface area contributed by atoms with E-state index >= 15 is 0 Å². The molecule has 2 aromatic heterocycles. The maximum Gasteiger partial charge on any atom is 0.0739 e. The van der Waals surface area contributed by atoms with Gasteiger partial charge in [-0.25, -0.2) is 0 Å². The summed E-state index contributed by atoms with van der Waals surface area (Å²) in [7, 11) is 0. The molecule has 1 aliphatic heterocycles. The van der Waals surface area contributed by atoms with Gasteiger partial charge in [-0.05, 0) is 60.0 Å². The number of pyridine rings is 1. The summed E-state index contributed by atoms with van der Waals surface area (Å²) in [5.74, 6) is 0.691. The van der Waals surface area contributed by atoms with Crippen LogP contribution in [0.1, 0.15) is 19.0 Å². The first-order chi connectivity index (χ1) is 11.2. The van der Waals surface area contributed by atoms with Crippen molar-refractivity contribution in [2.75, 3.05) is 6.54 Å². The minimum Gasteiger partial charge on any atom is -0.404 e. The molecule has 1 aliphatic rings. The molecule has 2 aromatic rings. The van der Waals surface area contributed by atoms with Gasteiger partial charge in [0, 0.05) is 42.2 Å². The number of allylic oxidation sites excluding steroid dienone is 1. The Hall–Kier alpha value is -0.980. The Morgan fingerprint density at radius 2 is 2.52 bits per heavy atom. The highest BCUT2D eigenvalue weighted by Gasteiger charge is 2.21. The van der Waals surface area contributed by atoms with E-state index in [1.54, 1.807) is 12.4 Å². The third-order valence-corrected chi connectivity index (χ3v) is 5.34. The summed E-state index contributed by atoms with van der Waals surface area (Å²) < 4.78 is 6.58. The van der Waals surface area contributed by atoms with Crippen LogP contribution in [0.5, 0.6) is 0 Å². The summed E-state index contributed by atoms with van der Waals surface area (Å²) in [6, 6.07) is 4.86. The molecule has 0 radical (unpaired) electrons. The number of nitrogens with one attached hydrogen (secondary N) is 1. The molecule has 1 unspecified atom stereocenters. The Labute approximate surface area is 151 Å². The number of halogens is 1. The van der Waals surface area contributed by atoms with Gasteiger partial charge >= 0.3 is 0 Å². The number of nitrogens with zero attached hydrogens (tertiary/aromatic N) is 3. The quantitative estimate of drug-likeness (QED) is 0.425. The van der Waals surface area contributed by atoms with Gasteiger partial charge in [0.15, 0.2) is 0 Å². The SMILES string of the molecule is C[C@H]1C[C@H](Cn2ccc3cc(C(C=NPI)=CN)ncc32)CN1. The van der Waals surface area contributed by atoms with Gasteiger partial charge in [0.05, 0.1) is 23.8 Å². The van der Waals surface area contributed by atoms with Gasteiger partial charge in [-0.15, -0.1) is 0 Å². The van der Waals surface area contributed by atoms with E-state index < -0.39 is 0 Å². The molecule has 3 N–H and O–H groups in total. The maximum atomic E-state index is 5.71. The molecule has 0 spiro atoms. The molecular formula is C16H21IN5P. The molecule has 0 aliphatic carbocycles. The standard InChI is InChI=1S/C16H21IN5P/c1-11-4-12(7-19-11)10-22-3-2-13-5-15(20-9-16(13)22)14(6-18)8-21-23-17/h2-3,5-6,8-9,11-12,19,23H,4,7,10,18H2,1H3/t11-,12-/m0/s1. The van der Waals surface area contributed by atoms with Crippen LogP contribution in [0.2, 0.25) is 0 Å². The Bertz CT molecular complexity index is 739. The van der Waals surface area contributed by atoms with Crippen molar-refractivity contribution in [2.24, 2.45) is 16.4 Å². The number of hydrogen-bond donors (Lipinski definition) is 2. The van der Waals surface area contributed by atoms with Crippen molar-refractivity contribution in [1.82, 2.24) is 14.9 Å². The first-order valence-electron chi connectivity index (χ1n) is 7.70. The van der Waals surface area contributed by atoms with E-state index in [0.29, 0.717) is 18.3 Å². The van der Waals surface area contributed by atoms with Crippen LogP contribution in [0, 0.1) is 5.92 Å². The summed E-state index contributed by atoms with van der Waals surface area (Å²) in [5.41, 5.74) is 8.62. The minimum absolute atomic E-state index is 0.490. The van der Waals surface area contributed by atoms with Crippen molar-refractivity contribution in [3.8, 4) is 0 Å². The van der Waals surface area contributed by atoms with Gasteiger partial charge < -0.3 is 15.6 Å².